The molecule has 1 fully saturated rings. The standard InChI is InChI=1S/C20H36O4/c1-3-5-6-7-8-9-13-16(12-4-2)24-20(23)18-15-11-10-14-17(18)19(21)22/h16-18H,3-15H2,1-2H3,(H,21,22). The van der Waals surface area contributed by atoms with Crippen molar-refractivity contribution in [1.82, 2.24) is 0 Å². The number of unbranched alkanes of at least 4 members (excludes halogenated alkanes) is 5. The van der Waals surface area contributed by atoms with Crippen LogP contribution in [0.2, 0.25) is 0 Å². The molecule has 0 heterocycles. The molecule has 140 valence electrons. The summed E-state index contributed by atoms with van der Waals surface area (Å²) in [6.45, 7) is 4.31. The Morgan fingerprint density at radius 2 is 1.54 bits per heavy atom. The molecule has 4 heteroatoms. The highest BCUT2D eigenvalue weighted by atomic mass is 16.5. The van der Waals surface area contributed by atoms with Crippen LogP contribution in [-0.2, 0) is 14.3 Å². The fourth-order valence-electron chi connectivity index (χ4n) is 3.70. The fourth-order valence-corrected chi connectivity index (χ4v) is 3.70. The Balaban J connectivity index is 2.41. The summed E-state index contributed by atoms with van der Waals surface area (Å²) >= 11 is 0. The first kappa shape index (κ1) is 21.0. The van der Waals surface area contributed by atoms with Gasteiger partial charge in [0.1, 0.15) is 6.10 Å². The summed E-state index contributed by atoms with van der Waals surface area (Å²) in [5, 5.41) is 9.33. The maximum absolute atomic E-state index is 12.5. The highest BCUT2D eigenvalue weighted by Crippen LogP contribution is 2.32. The van der Waals surface area contributed by atoms with Crippen LogP contribution >= 0.6 is 0 Å². The van der Waals surface area contributed by atoms with Crippen LogP contribution in [0.5, 0.6) is 0 Å². The normalized spacial score (nSPS) is 22.1. The third-order valence-corrected chi connectivity index (χ3v) is 5.16. The molecule has 0 aliphatic heterocycles. The molecule has 1 N–H and O–H groups in total. The molecule has 0 spiro atoms. The molecule has 1 aliphatic rings. The molecule has 3 unspecified atom stereocenters. The van der Waals surface area contributed by atoms with Gasteiger partial charge in [0.15, 0.2) is 0 Å². The van der Waals surface area contributed by atoms with Gasteiger partial charge in [0.25, 0.3) is 0 Å². The van der Waals surface area contributed by atoms with Gasteiger partial charge < -0.3 is 9.84 Å². The summed E-state index contributed by atoms with van der Waals surface area (Å²) in [6.07, 6.45) is 13.2. The van der Waals surface area contributed by atoms with Gasteiger partial charge in [-0.25, -0.2) is 0 Å². The third-order valence-electron chi connectivity index (χ3n) is 5.16. The fraction of sp³-hybridized carbons (Fsp3) is 0.900. The van der Waals surface area contributed by atoms with Crippen molar-refractivity contribution in [3.63, 3.8) is 0 Å². The molecule has 1 saturated carbocycles. The second-order valence-corrected chi connectivity index (χ2v) is 7.24. The molecule has 0 amide bonds. The van der Waals surface area contributed by atoms with E-state index < -0.39 is 17.8 Å². The van der Waals surface area contributed by atoms with Crippen molar-refractivity contribution < 1.29 is 19.4 Å². The number of hydrogen-bond acceptors (Lipinski definition) is 3. The molecule has 1 rings (SSSR count). The summed E-state index contributed by atoms with van der Waals surface area (Å²) in [5.74, 6) is -2.12. The molecule has 1 aliphatic carbocycles. The van der Waals surface area contributed by atoms with E-state index in [2.05, 4.69) is 13.8 Å². The second-order valence-electron chi connectivity index (χ2n) is 7.24. The van der Waals surface area contributed by atoms with Gasteiger partial charge in [0, 0.05) is 0 Å². The van der Waals surface area contributed by atoms with Crippen molar-refractivity contribution in [2.75, 3.05) is 0 Å². The summed E-state index contributed by atoms with van der Waals surface area (Å²) in [4.78, 5) is 23.9. The van der Waals surface area contributed by atoms with E-state index in [9.17, 15) is 14.7 Å². The number of carboxylic acid groups (broad SMARTS) is 1. The van der Waals surface area contributed by atoms with Gasteiger partial charge in [-0.1, -0.05) is 65.2 Å². The Labute approximate surface area is 147 Å². The van der Waals surface area contributed by atoms with Crippen LogP contribution in [0.3, 0.4) is 0 Å². The number of carboxylic acids is 1. The first-order valence-corrected chi connectivity index (χ1v) is 10.0. The minimum atomic E-state index is -0.848. The Hall–Kier alpha value is -1.06. The van der Waals surface area contributed by atoms with Crippen molar-refractivity contribution in [2.24, 2.45) is 11.8 Å². The van der Waals surface area contributed by atoms with Crippen LogP contribution in [0.25, 0.3) is 0 Å². The zero-order valence-electron chi connectivity index (χ0n) is 15.6. The first-order valence-electron chi connectivity index (χ1n) is 10.0. The van der Waals surface area contributed by atoms with Gasteiger partial charge in [-0.3, -0.25) is 9.59 Å². The van der Waals surface area contributed by atoms with E-state index in [1.54, 1.807) is 0 Å². The van der Waals surface area contributed by atoms with Crippen molar-refractivity contribution in [2.45, 2.75) is 103 Å². The van der Waals surface area contributed by atoms with E-state index in [0.717, 1.165) is 38.5 Å². The predicted molar refractivity (Wildman–Crippen MR) is 95.9 cm³/mol. The molecular weight excluding hydrogens is 304 g/mol. The van der Waals surface area contributed by atoms with E-state index in [4.69, 9.17) is 4.74 Å². The van der Waals surface area contributed by atoms with Crippen molar-refractivity contribution >= 4 is 11.9 Å². The zero-order valence-corrected chi connectivity index (χ0v) is 15.6. The molecule has 3 atom stereocenters. The van der Waals surface area contributed by atoms with E-state index in [1.807, 2.05) is 0 Å². The van der Waals surface area contributed by atoms with Crippen LogP contribution in [0.15, 0.2) is 0 Å². The number of carbonyl (C=O) groups excluding carboxylic acids is 1. The molecule has 0 saturated heterocycles. The maximum Gasteiger partial charge on any atom is 0.310 e. The van der Waals surface area contributed by atoms with E-state index in [-0.39, 0.29) is 12.1 Å². The van der Waals surface area contributed by atoms with E-state index >= 15 is 0 Å². The number of aliphatic carboxylic acids is 1. The molecular formula is C20H36O4. The highest BCUT2D eigenvalue weighted by molar-refractivity contribution is 5.81. The summed E-state index contributed by atoms with van der Waals surface area (Å²) in [7, 11) is 0. The van der Waals surface area contributed by atoms with Gasteiger partial charge in [0.05, 0.1) is 11.8 Å². The average Bonchev–Trinajstić information content (AvgIpc) is 2.58. The topological polar surface area (TPSA) is 63.6 Å². The average molecular weight is 341 g/mol. The lowest BCUT2D eigenvalue weighted by atomic mass is 9.79. The van der Waals surface area contributed by atoms with Crippen molar-refractivity contribution in [1.29, 1.82) is 0 Å². The van der Waals surface area contributed by atoms with Gasteiger partial charge in [-0.2, -0.15) is 0 Å². The van der Waals surface area contributed by atoms with Crippen LogP contribution in [0, 0.1) is 11.8 Å². The Morgan fingerprint density at radius 3 is 2.17 bits per heavy atom. The van der Waals surface area contributed by atoms with Gasteiger partial charge in [-0.15, -0.1) is 0 Å². The third kappa shape index (κ3) is 7.67. The lowest BCUT2D eigenvalue weighted by Gasteiger charge is -2.28. The molecule has 24 heavy (non-hydrogen) atoms. The number of rotatable bonds is 12. The quantitative estimate of drug-likeness (QED) is 0.385. The highest BCUT2D eigenvalue weighted by Gasteiger charge is 2.37. The minimum Gasteiger partial charge on any atom is -0.481 e. The molecule has 0 bridgehead atoms. The predicted octanol–water partition coefficient (Wildman–Crippen LogP) is 5.34. The Morgan fingerprint density at radius 1 is 0.917 bits per heavy atom. The Kier molecular flexibility index (Phi) is 10.8. The van der Waals surface area contributed by atoms with Gasteiger partial charge in [0.2, 0.25) is 0 Å². The maximum atomic E-state index is 12.5. The van der Waals surface area contributed by atoms with Crippen LogP contribution in [0.4, 0.5) is 0 Å². The number of carbonyl (C=O) groups is 2. The molecule has 0 aromatic heterocycles. The first-order chi connectivity index (χ1) is 11.6. The molecule has 0 radical (unpaired) electrons. The van der Waals surface area contributed by atoms with Gasteiger partial charge >= 0.3 is 11.9 Å². The lowest BCUT2D eigenvalue weighted by molar-refractivity contribution is -0.164. The lowest BCUT2D eigenvalue weighted by Crippen LogP contribution is -2.35. The second kappa shape index (κ2) is 12.3. The SMILES string of the molecule is CCCCCCCCC(CCC)OC(=O)C1CCCCC1C(=O)O. The summed E-state index contributed by atoms with van der Waals surface area (Å²) < 4.78 is 5.74. The minimum absolute atomic E-state index is 0.0370. The zero-order chi connectivity index (χ0) is 17.8. The largest absolute Gasteiger partial charge is 0.481 e. The van der Waals surface area contributed by atoms with Crippen LogP contribution in [0.1, 0.15) is 97.3 Å². The monoisotopic (exact) mass is 340 g/mol. The molecule has 0 aromatic carbocycles. The van der Waals surface area contributed by atoms with Crippen molar-refractivity contribution in [3.8, 4) is 0 Å². The van der Waals surface area contributed by atoms with Crippen molar-refractivity contribution in [3.05, 3.63) is 0 Å². The number of esters is 1. The smallest absolute Gasteiger partial charge is 0.310 e. The summed E-state index contributed by atoms with van der Waals surface area (Å²) in [6, 6.07) is 0. The molecule has 0 aromatic rings. The molecule has 4 nitrogen and oxygen atoms in total. The summed E-state index contributed by atoms with van der Waals surface area (Å²) in [5.41, 5.74) is 0. The van der Waals surface area contributed by atoms with Crippen LogP contribution in [-0.4, -0.2) is 23.1 Å². The van der Waals surface area contributed by atoms with E-state index in [1.165, 1.54) is 32.1 Å². The van der Waals surface area contributed by atoms with Crippen LogP contribution < -0.4 is 0 Å². The Bertz CT molecular complexity index is 367. The number of ether oxygens (including phenoxy) is 1. The van der Waals surface area contributed by atoms with E-state index in [0.29, 0.717) is 12.8 Å². The van der Waals surface area contributed by atoms with Gasteiger partial charge in [-0.05, 0) is 32.1 Å². The number of hydrogen-bond donors (Lipinski definition) is 1.